The Labute approximate surface area is 120 Å². The summed E-state index contributed by atoms with van der Waals surface area (Å²) >= 11 is 3.08. The van der Waals surface area contributed by atoms with Crippen molar-refractivity contribution in [1.29, 1.82) is 0 Å². The van der Waals surface area contributed by atoms with Gasteiger partial charge in [-0.1, -0.05) is 0 Å². The number of nitrogens with two attached hydrogens (primary N) is 1. The second-order valence-corrected chi connectivity index (χ2v) is 4.81. The zero-order chi connectivity index (χ0) is 14.9. The predicted molar refractivity (Wildman–Crippen MR) is 70.0 cm³/mol. The Morgan fingerprint density at radius 2 is 2.15 bits per heavy atom. The largest absolute Gasteiger partial charge is 0.393 e. The lowest BCUT2D eigenvalue weighted by molar-refractivity contribution is -0.00866. The Morgan fingerprint density at radius 3 is 2.70 bits per heavy atom. The van der Waals surface area contributed by atoms with E-state index in [4.69, 9.17) is 15.6 Å². The van der Waals surface area contributed by atoms with Crippen LogP contribution in [0.4, 0.5) is 14.6 Å². The lowest BCUT2D eigenvalue weighted by atomic mass is 10.1. The fourth-order valence-corrected chi connectivity index (χ4v) is 2.17. The molecule has 0 spiro atoms. The molecule has 6 nitrogen and oxygen atoms in total. The molecule has 0 saturated carbocycles. The standard InChI is InChI=1S/C11H10BrF2N3O3/c12-7-3-17(11(19)16-9(7)15)10-6(2-14)5(1-13)8(4-18)20-10/h1-3,8,10,18H,4H2,(H2,15,16,19)/b5-1+,6-2+. The topological polar surface area (TPSA) is 90.4 Å². The summed E-state index contributed by atoms with van der Waals surface area (Å²) in [5.74, 6) is -0.0324. The van der Waals surface area contributed by atoms with E-state index >= 15 is 0 Å². The molecule has 0 amide bonds. The first-order valence-electron chi connectivity index (χ1n) is 5.44. The molecular formula is C11H10BrF2N3O3. The first kappa shape index (κ1) is 14.8. The van der Waals surface area contributed by atoms with Crippen molar-refractivity contribution < 1.29 is 18.6 Å². The number of nitrogens with zero attached hydrogens (tertiary/aromatic N) is 2. The maximum Gasteiger partial charge on any atom is 0.351 e. The number of hydrogen-bond acceptors (Lipinski definition) is 5. The van der Waals surface area contributed by atoms with Gasteiger partial charge in [0.25, 0.3) is 0 Å². The maximum atomic E-state index is 13.0. The van der Waals surface area contributed by atoms with Crippen molar-refractivity contribution in [3.8, 4) is 0 Å². The van der Waals surface area contributed by atoms with Gasteiger partial charge in [-0.15, -0.1) is 0 Å². The number of halogens is 3. The van der Waals surface area contributed by atoms with E-state index in [0.29, 0.717) is 4.47 Å². The summed E-state index contributed by atoms with van der Waals surface area (Å²) in [5, 5.41) is 9.10. The van der Waals surface area contributed by atoms with E-state index in [0.717, 1.165) is 4.57 Å². The third-order valence-corrected chi connectivity index (χ3v) is 3.44. The van der Waals surface area contributed by atoms with Crippen LogP contribution in [0.3, 0.4) is 0 Å². The van der Waals surface area contributed by atoms with Gasteiger partial charge >= 0.3 is 5.69 Å². The van der Waals surface area contributed by atoms with E-state index in [9.17, 15) is 13.6 Å². The van der Waals surface area contributed by atoms with Crippen LogP contribution in [0.1, 0.15) is 6.23 Å². The van der Waals surface area contributed by atoms with E-state index in [-0.39, 0.29) is 29.6 Å². The van der Waals surface area contributed by atoms with Crippen molar-refractivity contribution in [2.24, 2.45) is 0 Å². The van der Waals surface area contributed by atoms with Crippen LogP contribution in [-0.2, 0) is 4.74 Å². The maximum absolute atomic E-state index is 13.0. The van der Waals surface area contributed by atoms with E-state index in [1.54, 1.807) is 0 Å². The Bertz CT molecular complexity index is 644. The minimum absolute atomic E-state index is 0.0324. The number of rotatable bonds is 2. The zero-order valence-electron chi connectivity index (χ0n) is 9.96. The molecule has 1 aromatic rings. The summed E-state index contributed by atoms with van der Waals surface area (Å²) in [7, 11) is 0. The first-order valence-corrected chi connectivity index (χ1v) is 6.24. The van der Waals surface area contributed by atoms with Crippen LogP contribution in [0.25, 0.3) is 0 Å². The van der Waals surface area contributed by atoms with Gasteiger partial charge in [0.1, 0.15) is 11.9 Å². The Kier molecular flexibility index (Phi) is 4.31. The van der Waals surface area contributed by atoms with Gasteiger partial charge in [0, 0.05) is 17.3 Å². The second kappa shape index (κ2) is 5.81. The summed E-state index contributed by atoms with van der Waals surface area (Å²) in [6.45, 7) is -0.554. The van der Waals surface area contributed by atoms with Crippen LogP contribution in [-0.4, -0.2) is 27.4 Å². The molecule has 20 heavy (non-hydrogen) atoms. The third kappa shape index (κ3) is 2.39. The molecule has 2 atom stereocenters. The predicted octanol–water partition coefficient (Wildman–Crippen LogP) is 1.18. The molecule has 0 bridgehead atoms. The summed E-state index contributed by atoms with van der Waals surface area (Å²) < 4.78 is 32.3. The molecule has 1 aliphatic rings. The molecular weight excluding hydrogens is 340 g/mol. The number of nitrogen functional groups attached to an aromatic ring is 1. The number of ether oxygens (including phenoxy) is 1. The lowest BCUT2D eigenvalue weighted by Crippen LogP contribution is -2.28. The molecule has 0 aliphatic carbocycles. The van der Waals surface area contributed by atoms with Crippen LogP contribution in [0.2, 0.25) is 0 Å². The minimum Gasteiger partial charge on any atom is -0.393 e. The van der Waals surface area contributed by atoms with E-state index in [1.807, 2.05) is 0 Å². The fraction of sp³-hybridized carbons (Fsp3) is 0.273. The number of aliphatic hydroxyl groups is 1. The van der Waals surface area contributed by atoms with Crippen LogP contribution >= 0.6 is 15.9 Å². The van der Waals surface area contributed by atoms with Crippen molar-refractivity contribution in [2.45, 2.75) is 12.3 Å². The normalized spacial score (nSPS) is 26.6. The zero-order valence-corrected chi connectivity index (χ0v) is 11.5. The number of aliphatic hydroxyl groups excluding tert-OH is 1. The van der Waals surface area contributed by atoms with Gasteiger partial charge in [-0.2, -0.15) is 4.98 Å². The summed E-state index contributed by atoms with van der Waals surface area (Å²) in [4.78, 5) is 15.3. The number of aromatic nitrogens is 2. The van der Waals surface area contributed by atoms with Crippen molar-refractivity contribution in [2.75, 3.05) is 12.3 Å². The molecule has 1 aromatic heterocycles. The molecule has 0 aromatic carbocycles. The van der Waals surface area contributed by atoms with Gasteiger partial charge < -0.3 is 15.6 Å². The molecule has 9 heteroatoms. The van der Waals surface area contributed by atoms with Crippen LogP contribution in [0, 0.1) is 0 Å². The highest BCUT2D eigenvalue weighted by molar-refractivity contribution is 9.10. The minimum atomic E-state index is -1.23. The monoisotopic (exact) mass is 349 g/mol. The molecule has 1 fully saturated rings. The van der Waals surface area contributed by atoms with Crippen LogP contribution < -0.4 is 11.4 Å². The van der Waals surface area contributed by atoms with Gasteiger partial charge in [0.15, 0.2) is 6.23 Å². The highest BCUT2D eigenvalue weighted by atomic mass is 79.9. The van der Waals surface area contributed by atoms with E-state index < -0.39 is 24.6 Å². The summed E-state index contributed by atoms with van der Waals surface area (Å²) in [5.41, 5.74) is 4.30. The Balaban J connectivity index is 2.53. The van der Waals surface area contributed by atoms with Crippen LogP contribution in [0.5, 0.6) is 0 Å². The molecule has 1 saturated heterocycles. The van der Waals surface area contributed by atoms with Gasteiger partial charge in [-0.3, -0.25) is 4.57 Å². The number of anilines is 1. The van der Waals surface area contributed by atoms with Crippen molar-refractivity contribution in [3.05, 3.63) is 45.0 Å². The van der Waals surface area contributed by atoms with Crippen LogP contribution in [0.15, 0.2) is 39.3 Å². The molecule has 1 aliphatic heterocycles. The van der Waals surface area contributed by atoms with Gasteiger partial charge in [-0.25, -0.2) is 13.6 Å². The molecule has 2 rings (SSSR count). The molecule has 2 heterocycles. The first-order chi connectivity index (χ1) is 9.53. The molecule has 2 unspecified atom stereocenters. The molecule has 0 radical (unpaired) electrons. The second-order valence-electron chi connectivity index (χ2n) is 3.95. The van der Waals surface area contributed by atoms with Gasteiger partial charge in [-0.05, 0) is 15.9 Å². The van der Waals surface area contributed by atoms with Crippen molar-refractivity contribution >= 4 is 21.7 Å². The lowest BCUT2D eigenvalue weighted by Gasteiger charge is -2.15. The Morgan fingerprint density at radius 1 is 1.50 bits per heavy atom. The van der Waals surface area contributed by atoms with Gasteiger partial charge in [0.05, 0.1) is 23.7 Å². The Hall–Kier alpha value is -1.58. The SMILES string of the molecule is Nc1nc(=O)n(C2OC(CO)C(=C/F)/C2=C\F)cc1Br. The van der Waals surface area contributed by atoms with E-state index in [2.05, 4.69) is 20.9 Å². The highest BCUT2D eigenvalue weighted by Gasteiger charge is 2.37. The van der Waals surface area contributed by atoms with Crippen molar-refractivity contribution in [1.82, 2.24) is 9.55 Å². The third-order valence-electron chi connectivity index (χ3n) is 2.83. The molecule has 108 valence electrons. The number of hydrogen-bond donors (Lipinski definition) is 2. The highest BCUT2D eigenvalue weighted by Crippen LogP contribution is 2.38. The van der Waals surface area contributed by atoms with Crippen molar-refractivity contribution in [3.63, 3.8) is 0 Å². The average Bonchev–Trinajstić information content (AvgIpc) is 2.80. The molecule has 3 N–H and O–H groups in total. The summed E-state index contributed by atoms with van der Waals surface area (Å²) in [6.07, 6.45) is -0.764. The summed E-state index contributed by atoms with van der Waals surface area (Å²) in [6, 6.07) is 0. The average molecular weight is 350 g/mol. The fourth-order valence-electron chi connectivity index (χ4n) is 1.86. The smallest absolute Gasteiger partial charge is 0.351 e. The quantitative estimate of drug-likeness (QED) is 0.836. The van der Waals surface area contributed by atoms with Gasteiger partial charge in [0.2, 0.25) is 0 Å². The van der Waals surface area contributed by atoms with E-state index in [1.165, 1.54) is 6.20 Å².